The highest BCUT2D eigenvalue weighted by Gasteiger charge is 2.33. The van der Waals surface area contributed by atoms with E-state index in [1.807, 2.05) is 20.8 Å². The van der Waals surface area contributed by atoms with Crippen LogP contribution in [0.4, 0.5) is 5.69 Å². The second kappa shape index (κ2) is 12.2. The van der Waals surface area contributed by atoms with Gasteiger partial charge in [0, 0.05) is 33.8 Å². The molecule has 2 rings (SSSR count). The molecule has 1 N–H and O–H groups in total. The topological polar surface area (TPSA) is 96.0 Å². The number of hydrogen-bond acceptors (Lipinski definition) is 5. The Hall–Kier alpha value is -2.49. The zero-order valence-electron chi connectivity index (χ0n) is 21.3. The van der Waals surface area contributed by atoms with Gasteiger partial charge < -0.3 is 15.0 Å². The van der Waals surface area contributed by atoms with Crippen molar-refractivity contribution in [3.05, 3.63) is 58.1 Å². The number of carbonyl (C=O) groups is 2. The van der Waals surface area contributed by atoms with Gasteiger partial charge in [0.05, 0.1) is 19.1 Å². The lowest BCUT2D eigenvalue weighted by atomic mass is 10.1. The number of methoxy groups -OCH3 is 1. The number of hydrogen-bond donors (Lipinski definition) is 1. The van der Waals surface area contributed by atoms with Gasteiger partial charge in [-0.15, -0.1) is 0 Å². The molecule has 11 heteroatoms. The van der Waals surface area contributed by atoms with Crippen molar-refractivity contribution in [3.8, 4) is 5.75 Å². The Morgan fingerprint density at radius 1 is 1.08 bits per heavy atom. The number of amides is 2. The summed E-state index contributed by atoms with van der Waals surface area (Å²) in [7, 11) is -2.40. The van der Waals surface area contributed by atoms with E-state index in [0.29, 0.717) is 21.4 Å². The first-order valence-corrected chi connectivity index (χ1v) is 13.9. The highest BCUT2D eigenvalue weighted by molar-refractivity contribution is 7.92. The molecule has 2 aromatic carbocycles. The van der Waals surface area contributed by atoms with Crippen LogP contribution in [0.1, 0.15) is 39.7 Å². The van der Waals surface area contributed by atoms with Crippen molar-refractivity contribution in [1.82, 2.24) is 10.2 Å². The third-order valence-electron chi connectivity index (χ3n) is 5.29. The molecule has 0 bridgehead atoms. The lowest BCUT2D eigenvalue weighted by molar-refractivity contribution is -0.141. The third kappa shape index (κ3) is 8.01. The van der Waals surface area contributed by atoms with E-state index in [1.165, 1.54) is 18.1 Å². The summed E-state index contributed by atoms with van der Waals surface area (Å²) in [6.07, 6.45) is 1.30. The van der Waals surface area contributed by atoms with E-state index in [0.717, 1.165) is 10.6 Å². The highest BCUT2D eigenvalue weighted by atomic mass is 35.5. The van der Waals surface area contributed by atoms with Crippen LogP contribution >= 0.6 is 23.2 Å². The molecule has 0 unspecified atom stereocenters. The van der Waals surface area contributed by atoms with Crippen LogP contribution in [0.3, 0.4) is 0 Å². The van der Waals surface area contributed by atoms with E-state index in [-0.39, 0.29) is 24.6 Å². The number of rotatable bonds is 10. The Bertz CT molecular complexity index is 1180. The van der Waals surface area contributed by atoms with Crippen LogP contribution in [-0.4, -0.2) is 56.6 Å². The number of carbonyl (C=O) groups excluding carboxylic acids is 2. The van der Waals surface area contributed by atoms with Crippen LogP contribution in [0, 0.1) is 0 Å². The number of halogens is 2. The number of ether oxygens (including phenoxy) is 1. The number of anilines is 1. The molecule has 8 nitrogen and oxygen atoms in total. The molecule has 0 radical (unpaired) electrons. The normalized spacial score (nSPS) is 12.6. The Kier molecular flexibility index (Phi) is 10.0. The molecule has 0 saturated carbocycles. The molecule has 2 aromatic rings. The van der Waals surface area contributed by atoms with Gasteiger partial charge in [-0.05, 0) is 51.5 Å². The Labute approximate surface area is 223 Å². The van der Waals surface area contributed by atoms with Crippen molar-refractivity contribution >= 4 is 50.7 Å². The molecule has 198 valence electrons. The molecule has 0 aliphatic rings. The zero-order valence-corrected chi connectivity index (χ0v) is 23.7. The first kappa shape index (κ1) is 29.7. The van der Waals surface area contributed by atoms with Gasteiger partial charge in [-0.1, -0.05) is 42.3 Å². The largest absolute Gasteiger partial charge is 0.497 e. The van der Waals surface area contributed by atoms with E-state index in [1.54, 1.807) is 43.3 Å². The fourth-order valence-corrected chi connectivity index (χ4v) is 4.96. The van der Waals surface area contributed by atoms with Gasteiger partial charge in [0.25, 0.3) is 0 Å². The minimum atomic E-state index is -3.86. The van der Waals surface area contributed by atoms with Gasteiger partial charge in [-0.3, -0.25) is 13.9 Å². The molecule has 0 spiro atoms. The molecule has 36 heavy (non-hydrogen) atoms. The molecule has 0 aliphatic carbocycles. The van der Waals surface area contributed by atoms with Crippen molar-refractivity contribution in [2.45, 2.75) is 52.2 Å². The summed E-state index contributed by atoms with van der Waals surface area (Å²) in [6.45, 7) is 6.67. The molecule has 0 fully saturated rings. The number of sulfonamides is 1. The zero-order chi connectivity index (χ0) is 27.3. The monoisotopic (exact) mass is 557 g/mol. The summed E-state index contributed by atoms with van der Waals surface area (Å²) in [5.41, 5.74) is 0.178. The van der Waals surface area contributed by atoms with Gasteiger partial charge in [-0.25, -0.2) is 8.42 Å². The van der Waals surface area contributed by atoms with Gasteiger partial charge in [0.1, 0.15) is 18.3 Å². The number of nitrogens with one attached hydrogen (secondary N) is 1. The molecule has 0 heterocycles. The minimum Gasteiger partial charge on any atom is -0.497 e. The first-order valence-electron chi connectivity index (χ1n) is 11.3. The maximum atomic E-state index is 13.7. The SMILES string of the molecule is CC[C@@H](C(=O)NC(C)(C)C)N(Cc1c(Cl)cccc1Cl)C(=O)CN(c1cccc(OC)c1)S(C)(=O)=O. The predicted octanol–water partition coefficient (Wildman–Crippen LogP) is 4.49. The van der Waals surface area contributed by atoms with E-state index in [9.17, 15) is 18.0 Å². The first-order chi connectivity index (χ1) is 16.7. The van der Waals surface area contributed by atoms with Crippen LogP contribution in [-0.2, 0) is 26.2 Å². The van der Waals surface area contributed by atoms with Gasteiger partial charge in [0.2, 0.25) is 21.8 Å². The molecule has 2 amide bonds. The Morgan fingerprint density at radius 2 is 1.67 bits per heavy atom. The second-order valence-corrected chi connectivity index (χ2v) is 12.1. The average molecular weight is 559 g/mol. The lowest BCUT2D eigenvalue weighted by Gasteiger charge is -2.34. The maximum Gasteiger partial charge on any atom is 0.244 e. The van der Waals surface area contributed by atoms with E-state index < -0.39 is 34.1 Å². The maximum absolute atomic E-state index is 13.7. The van der Waals surface area contributed by atoms with Crippen molar-refractivity contribution in [1.29, 1.82) is 0 Å². The molecule has 0 saturated heterocycles. The predicted molar refractivity (Wildman–Crippen MR) is 144 cm³/mol. The summed E-state index contributed by atoms with van der Waals surface area (Å²) in [5, 5.41) is 3.57. The Morgan fingerprint density at radius 3 is 2.17 bits per heavy atom. The third-order valence-corrected chi connectivity index (χ3v) is 7.14. The second-order valence-electron chi connectivity index (χ2n) is 9.36. The van der Waals surface area contributed by atoms with E-state index in [4.69, 9.17) is 27.9 Å². The van der Waals surface area contributed by atoms with Gasteiger partial charge >= 0.3 is 0 Å². The molecular formula is C25H33Cl2N3O5S. The lowest BCUT2D eigenvalue weighted by Crippen LogP contribution is -2.55. The minimum absolute atomic E-state index is 0.0802. The average Bonchev–Trinajstić information content (AvgIpc) is 2.77. The van der Waals surface area contributed by atoms with Gasteiger partial charge in [0.15, 0.2) is 0 Å². The van der Waals surface area contributed by atoms with Crippen LogP contribution in [0.25, 0.3) is 0 Å². The fourth-order valence-electron chi connectivity index (χ4n) is 3.61. The highest BCUT2D eigenvalue weighted by Crippen LogP contribution is 2.28. The quantitative estimate of drug-likeness (QED) is 0.464. The summed E-state index contributed by atoms with van der Waals surface area (Å²) < 4.78 is 31.6. The summed E-state index contributed by atoms with van der Waals surface area (Å²) in [5.74, 6) is -0.520. The smallest absolute Gasteiger partial charge is 0.244 e. The summed E-state index contributed by atoms with van der Waals surface area (Å²) in [4.78, 5) is 28.3. The van der Waals surface area contributed by atoms with Crippen molar-refractivity contribution in [2.75, 3.05) is 24.2 Å². The Balaban J connectivity index is 2.53. The fraction of sp³-hybridized carbons (Fsp3) is 0.440. The standard InChI is InChI=1S/C25H33Cl2N3O5S/c1-7-22(24(32)28-25(2,3)4)29(15-19-20(26)12-9-13-21(19)27)23(31)16-30(36(6,33)34)17-10-8-11-18(14-17)35-5/h8-14,22H,7,15-16H2,1-6H3,(H,28,32)/t22-/m0/s1. The van der Waals surface area contributed by atoms with E-state index in [2.05, 4.69) is 5.32 Å². The van der Waals surface area contributed by atoms with Crippen molar-refractivity contribution in [2.24, 2.45) is 0 Å². The van der Waals surface area contributed by atoms with Crippen LogP contribution in [0.5, 0.6) is 5.75 Å². The van der Waals surface area contributed by atoms with Crippen molar-refractivity contribution in [3.63, 3.8) is 0 Å². The summed E-state index contributed by atoms with van der Waals surface area (Å²) >= 11 is 12.8. The number of nitrogens with zero attached hydrogens (tertiary/aromatic N) is 2. The van der Waals surface area contributed by atoms with Crippen LogP contribution < -0.4 is 14.4 Å². The van der Waals surface area contributed by atoms with Gasteiger partial charge in [-0.2, -0.15) is 0 Å². The summed E-state index contributed by atoms with van der Waals surface area (Å²) in [6, 6.07) is 10.4. The number of benzene rings is 2. The molecule has 1 atom stereocenters. The van der Waals surface area contributed by atoms with E-state index >= 15 is 0 Å². The van der Waals surface area contributed by atoms with Crippen molar-refractivity contribution < 1.29 is 22.7 Å². The van der Waals surface area contributed by atoms with Crippen LogP contribution in [0.2, 0.25) is 10.0 Å². The molecular weight excluding hydrogens is 525 g/mol. The molecule has 0 aliphatic heterocycles. The molecule has 0 aromatic heterocycles. The van der Waals surface area contributed by atoms with Crippen LogP contribution in [0.15, 0.2) is 42.5 Å².